The van der Waals surface area contributed by atoms with E-state index in [4.69, 9.17) is 11.6 Å². The molecule has 1 N–H and O–H groups in total. The van der Waals surface area contributed by atoms with E-state index in [0.717, 1.165) is 14.2 Å². The summed E-state index contributed by atoms with van der Waals surface area (Å²) in [7, 11) is 0. The molecule has 19 heavy (non-hydrogen) atoms. The smallest absolute Gasteiger partial charge is 0.257 e. The highest BCUT2D eigenvalue weighted by Crippen LogP contribution is 2.24. The van der Waals surface area contributed by atoms with Gasteiger partial charge in [-0.25, -0.2) is 0 Å². The molecule has 5 heteroatoms. The topological polar surface area (TPSA) is 29.1 Å². The van der Waals surface area contributed by atoms with Crippen LogP contribution >= 0.6 is 46.0 Å². The summed E-state index contributed by atoms with van der Waals surface area (Å²) in [6.07, 6.45) is 1.96. The van der Waals surface area contributed by atoms with Crippen molar-refractivity contribution in [1.82, 2.24) is 0 Å². The van der Waals surface area contributed by atoms with Gasteiger partial charge in [0.05, 0.1) is 10.6 Å². The van der Waals surface area contributed by atoms with Crippen molar-refractivity contribution < 1.29 is 4.79 Å². The fourth-order valence-corrected chi connectivity index (χ4v) is 2.54. The Morgan fingerprint density at radius 1 is 1.21 bits per heavy atom. The maximum atomic E-state index is 12.2. The van der Waals surface area contributed by atoms with Crippen LogP contribution in [0.5, 0.6) is 0 Å². The number of halogens is 2. The summed E-state index contributed by atoms with van der Waals surface area (Å²) in [4.78, 5) is 13.2. The lowest BCUT2D eigenvalue weighted by molar-refractivity contribution is 0.102. The maximum absolute atomic E-state index is 12.2. The van der Waals surface area contributed by atoms with Crippen molar-refractivity contribution in [2.75, 3.05) is 11.6 Å². The molecular formula is C14H11ClINOS. The third-order valence-corrected chi connectivity index (χ3v) is 4.29. The third-order valence-electron chi connectivity index (χ3n) is 2.52. The molecule has 2 aromatic carbocycles. The molecule has 2 rings (SSSR count). The average Bonchev–Trinajstić information content (AvgIpc) is 2.42. The Morgan fingerprint density at radius 3 is 2.53 bits per heavy atom. The average molecular weight is 404 g/mol. The first kappa shape index (κ1) is 14.7. The molecule has 0 spiro atoms. The molecule has 0 saturated carbocycles. The van der Waals surface area contributed by atoms with Gasteiger partial charge >= 0.3 is 0 Å². The third kappa shape index (κ3) is 3.87. The van der Waals surface area contributed by atoms with Crippen molar-refractivity contribution >= 4 is 57.5 Å². The lowest BCUT2D eigenvalue weighted by Gasteiger charge is -2.08. The Morgan fingerprint density at radius 2 is 1.89 bits per heavy atom. The molecule has 0 saturated heterocycles. The number of carbonyl (C=O) groups is 1. The molecule has 0 aromatic heterocycles. The predicted octanol–water partition coefficient (Wildman–Crippen LogP) is 4.92. The van der Waals surface area contributed by atoms with Crippen molar-refractivity contribution in [3.63, 3.8) is 0 Å². The van der Waals surface area contributed by atoms with Crippen LogP contribution in [0.25, 0.3) is 0 Å². The normalized spacial score (nSPS) is 10.3. The molecule has 0 bridgehead atoms. The molecule has 0 unspecified atom stereocenters. The summed E-state index contributed by atoms with van der Waals surface area (Å²) in [6.45, 7) is 0. The van der Waals surface area contributed by atoms with E-state index in [9.17, 15) is 4.79 Å². The van der Waals surface area contributed by atoms with E-state index in [1.165, 1.54) is 0 Å². The highest BCUT2D eigenvalue weighted by molar-refractivity contribution is 14.1. The summed E-state index contributed by atoms with van der Waals surface area (Å²) in [5.74, 6) is -0.192. The van der Waals surface area contributed by atoms with E-state index in [1.807, 2.05) is 36.6 Å². The van der Waals surface area contributed by atoms with Crippen molar-refractivity contribution in [2.24, 2.45) is 0 Å². The summed E-state index contributed by atoms with van der Waals surface area (Å²) >= 11 is 9.87. The SMILES string of the molecule is CSc1ccc(Cl)c(C(=O)Nc2ccc(I)cc2)c1. The van der Waals surface area contributed by atoms with Crippen LogP contribution in [0.3, 0.4) is 0 Å². The number of carbonyl (C=O) groups excluding carboxylic acids is 1. The Bertz CT molecular complexity index is 601. The molecule has 0 aliphatic carbocycles. The number of amides is 1. The molecule has 0 heterocycles. The molecular weight excluding hydrogens is 393 g/mol. The van der Waals surface area contributed by atoms with Crippen LogP contribution < -0.4 is 5.32 Å². The monoisotopic (exact) mass is 403 g/mol. The van der Waals surface area contributed by atoms with Crippen molar-refractivity contribution in [1.29, 1.82) is 0 Å². The minimum atomic E-state index is -0.192. The zero-order valence-corrected chi connectivity index (χ0v) is 13.8. The molecule has 0 atom stereocenters. The molecule has 2 aromatic rings. The quantitative estimate of drug-likeness (QED) is 0.582. The van der Waals surface area contributed by atoms with Crippen LogP contribution in [0, 0.1) is 3.57 Å². The van der Waals surface area contributed by atoms with Gasteiger partial charge in [-0.2, -0.15) is 0 Å². The Kier molecular flexibility index (Phi) is 5.13. The lowest BCUT2D eigenvalue weighted by Crippen LogP contribution is -2.12. The number of hydrogen-bond acceptors (Lipinski definition) is 2. The summed E-state index contributed by atoms with van der Waals surface area (Å²) in [5.41, 5.74) is 1.25. The molecule has 2 nitrogen and oxygen atoms in total. The van der Waals surface area contributed by atoms with Gasteiger partial charge in [-0.3, -0.25) is 4.79 Å². The van der Waals surface area contributed by atoms with Crippen molar-refractivity contribution in [2.45, 2.75) is 4.90 Å². The zero-order chi connectivity index (χ0) is 13.8. The fourth-order valence-electron chi connectivity index (χ4n) is 1.54. The summed E-state index contributed by atoms with van der Waals surface area (Å²) in [6, 6.07) is 13.1. The van der Waals surface area contributed by atoms with Gasteiger partial charge in [-0.05, 0) is 71.3 Å². The summed E-state index contributed by atoms with van der Waals surface area (Å²) in [5, 5.41) is 3.30. The van der Waals surface area contributed by atoms with E-state index in [1.54, 1.807) is 23.9 Å². The second-order valence-corrected chi connectivity index (χ2v) is 6.34. The lowest BCUT2D eigenvalue weighted by atomic mass is 10.2. The molecule has 0 fully saturated rings. The van der Waals surface area contributed by atoms with Gasteiger partial charge in [0.1, 0.15) is 0 Å². The number of nitrogens with one attached hydrogen (secondary N) is 1. The van der Waals surface area contributed by atoms with E-state index in [2.05, 4.69) is 27.9 Å². The second-order valence-electron chi connectivity index (χ2n) is 3.81. The number of thioether (sulfide) groups is 1. The summed E-state index contributed by atoms with van der Waals surface area (Å²) < 4.78 is 1.12. The zero-order valence-electron chi connectivity index (χ0n) is 10.1. The van der Waals surface area contributed by atoms with Crippen LogP contribution in [0.15, 0.2) is 47.4 Å². The first-order chi connectivity index (χ1) is 9.10. The van der Waals surface area contributed by atoms with Crippen LogP contribution in [-0.2, 0) is 0 Å². The number of benzene rings is 2. The van der Waals surface area contributed by atoms with Crippen LogP contribution in [0.1, 0.15) is 10.4 Å². The minimum Gasteiger partial charge on any atom is -0.322 e. The highest BCUT2D eigenvalue weighted by Gasteiger charge is 2.11. The maximum Gasteiger partial charge on any atom is 0.257 e. The van der Waals surface area contributed by atoms with E-state index in [0.29, 0.717) is 10.6 Å². The standard InChI is InChI=1S/C14H11ClINOS/c1-19-11-6-7-13(15)12(8-11)14(18)17-10-4-2-9(16)3-5-10/h2-8H,1H3,(H,17,18). The first-order valence-electron chi connectivity index (χ1n) is 5.50. The van der Waals surface area contributed by atoms with Gasteiger partial charge in [0.25, 0.3) is 5.91 Å². The predicted molar refractivity (Wildman–Crippen MR) is 90.3 cm³/mol. The van der Waals surface area contributed by atoms with E-state index in [-0.39, 0.29) is 5.91 Å². The molecule has 1 amide bonds. The Hall–Kier alpha value is -0.720. The van der Waals surface area contributed by atoms with Gasteiger partial charge in [0, 0.05) is 14.2 Å². The van der Waals surface area contributed by atoms with E-state index >= 15 is 0 Å². The van der Waals surface area contributed by atoms with Gasteiger partial charge in [0.15, 0.2) is 0 Å². The largest absolute Gasteiger partial charge is 0.322 e. The number of hydrogen-bond donors (Lipinski definition) is 1. The Balaban J connectivity index is 2.22. The molecule has 0 radical (unpaired) electrons. The fraction of sp³-hybridized carbons (Fsp3) is 0.0714. The molecule has 98 valence electrons. The number of anilines is 1. The van der Waals surface area contributed by atoms with Crippen LogP contribution in [0.2, 0.25) is 5.02 Å². The van der Waals surface area contributed by atoms with Crippen LogP contribution in [-0.4, -0.2) is 12.2 Å². The van der Waals surface area contributed by atoms with Gasteiger partial charge < -0.3 is 5.32 Å². The number of rotatable bonds is 3. The van der Waals surface area contributed by atoms with Crippen molar-refractivity contribution in [3.8, 4) is 0 Å². The van der Waals surface area contributed by atoms with Crippen LogP contribution in [0.4, 0.5) is 5.69 Å². The van der Waals surface area contributed by atoms with E-state index < -0.39 is 0 Å². The molecule has 0 aliphatic heterocycles. The first-order valence-corrected chi connectivity index (χ1v) is 8.19. The Labute approximate surface area is 135 Å². The van der Waals surface area contributed by atoms with Gasteiger partial charge in [-0.1, -0.05) is 11.6 Å². The van der Waals surface area contributed by atoms with Gasteiger partial charge in [0.2, 0.25) is 0 Å². The second kappa shape index (κ2) is 6.63. The minimum absolute atomic E-state index is 0.192. The molecule has 0 aliphatic rings. The van der Waals surface area contributed by atoms with Gasteiger partial charge in [-0.15, -0.1) is 11.8 Å². The highest BCUT2D eigenvalue weighted by atomic mass is 127. The van der Waals surface area contributed by atoms with Crippen molar-refractivity contribution in [3.05, 3.63) is 56.6 Å².